The van der Waals surface area contributed by atoms with Gasteiger partial charge in [0.25, 0.3) is 0 Å². The molecule has 0 aliphatic rings. The molecule has 0 bridgehead atoms. The summed E-state index contributed by atoms with van der Waals surface area (Å²) in [6, 6.07) is 0. The van der Waals surface area contributed by atoms with Gasteiger partial charge in [0.05, 0.1) is 5.75 Å². The van der Waals surface area contributed by atoms with Gasteiger partial charge in [-0.1, -0.05) is 37.7 Å². The van der Waals surface area contributed by atoms with Crippen molar-refractivity contribution < 1.29 is 9.63 Å². The van der Waals surface area contributed by atoms with Gasteiger partial charge in [-0.3, -0.25) is 0 Å². The second-order valence-corrected chi connectivity index (χ2v) is 5.64. The molecule has 2 aromatic heterocycles. The molecule has 0 saturated heterocycles. The van der Waals surface area contributed by atoms with Crippen molar-refractivity contribution in [3.05, 3.63) is 17.5 Å². The predicted molar refractivity (Wildman–Crippen MR) is 74.2 cm³/mol. The Morgan fingerprint density at radius 3 is 2.75 bits per heavy atom. The topological polar surface area (TPSA) is 89.9 Å². The maximum atomic E-state index is 9.24. The van der Waals surface area contributed by atoms with Crippen LogP contribution in [0.5, 0.6) is 0 Å². The number of thioether (sulfide) groups is 1. The smallest absolute Gasteiger partial charge is 0.229 e. The van der Waals surface area contributed by atoms with Crippen LogP contribution in [0.25, 0.3) is 0 Å². The van der Waals surface area contributed by atoms with Crippen molar-refractivity contribution in [2.75, 3.05) is 0 Å². The highest BCUT2D eigenvalue weighted by Gasteiger charge is 2.14. The zero-order chi connectivity index (χ0) is 14.5. The van der Waals surface area contributed by atoms with Crippen LogP contribution in [-0.4, -0.2) is 30.0 Å². The maximum absolute atomic E-state index is 9.24. The minimum absolute atomic E-state index is 0.104. The highest BCUT2D eigenvalue weighted by molar-refractivity contribution is 7.98. The Balaban J connectivity index is 2.04. The lowest BCUT2D eigenvalue weighted by Crippen LogP contribution is -2.04. The Hall–Kier alpha value is -1.41. The molecule has 0 amide bonds. The molecular formula is C12H19N5O2S. The van der Waals surface area contributed by atoms with E-state index >= 15 is 0 Å². The SMILES string of the molecule is CCCn1c(CO)nnc1SCc1noc(C(C)C)n1. The first kappa shape index (κ1) is 15.0. The molecule has 20 heavy (non-hydrogen) atoms. The molecule has 2 rings (SSSR count). The third kappa shape index (κ3) is 3.37. The average Bonchev–Trinajstić information content (AvgIpc) is 3.03. The summed E-state index contributed by atoms with van der Waals surface area (Å²) in [5, 5.41) is 22.0. The van der Waals surface area contributed by atoms with Gasteiger partial charge in [-0.15, -0.1) is 10.2 Å². The van der Waals surface area contributed by atoms with Gasteiger partial charge in [0, 0.05) is 12.5 Å². The van der Waals surface area contributed by atoms with Crippen LogP contribution < -0.4 is 0 Å². The molecule has 8 heteroatoms. The molecule has 0 radical (unpaired) electrons. The van der Waals surface area contributed by atoms with Gasteiger partial charge < -0.3 is 14.2 Å². The number of nitrogens with zero attached hydrogens (tertiary/aromatic N) is 5. The average molecular weight is 297 g/mol. The summed E-state index contributed by atoms with van der Waals surface area (Å²) in [6.45, 7) is 6.78. The minimum atomic E-state index is -0.104. The molecule has 110 valence electrons. The third-order valence-electron chi connectivity index (χ3n) is 2.69. The van der Waals surface area contributed by atoms with E-state index in [0.717, 1.165) is 18.1 Å². The molecule has 0 unspecified atom stereocenters. The normalized spacial score (nSPS) is 11.4. The van der Waals surface area contributed by atoms with Crippen molar-refractivity contribution in [1.29, 1.82) is 0 Å². The van der Waals surface area contributed by atoms with E-state index in [9.17, 15) is 5.11 Å². The Labute approximate surface area is 121 Å². The number of hydrogen-bond donors (Lipinski definition) is 1. The van der Waals surface area contributed by atoms with E-state index in [1.807, 2.05) is 18.4 Å². The lowest BCUT2D eigenvalue weighted by atomic mass is 10.2. The maximum Gasteiger partial charge on any atom is 0.229 e. The fourth-order valence-electron chi connectivity index (χ4n) is 1.68. The highest BCUT2D eigenvalue weighted by Crippen LogP contribution is 2.22. The fourth-order valence-corrected chi connectivity index (χ4v) is 2.51. The van der Waals surface area contributed by atoms with E-state index in [-0.39, 0.29) is 12.5 Å². The van der Waals surface area contributed by atoms with Crippen LogP contribution in [0.1, 0.15) is 50.6 Å². The lowest BCUT2D eigenvalue weighted by Gasteiger charge is -2.05. The molecule has 0 saturated carbocycles. The molecule has 2 aromatic rings. The van der Waals surface area contributed by atoms with Crippen LogP contribution in [0.2, 0.25) is 0 Å². The minimum Gasteiger partial charge on any atom is -0.388 e. The quantitative estimate of drug-likeness (QED) is 0.781. The van der Waals surface area contributed by atoms with Crippen LogP contribution >= 0.6 is 11.8 Å². The first-order valence-corrected chi connectivity index (χ1v) is 7.62. The zero-order valence-electron chi connectivity index (χ0n) is 11.9. The van der Waals surface area contributed by atoms with Gasteiger partial charge in [-0.05, 0) is 6.42 Å². The second-order valence-electron chi connectivity index (χ2n) is 4.70. The van der Waals surface area contributed by atoms with Crippen LogP contribution in [-0.2, 0) is 18.9 Å². The van der Waals surface area contributed by atoms with Gasteiger partial charge in [0.2, 0.25) is 5.89 Å². The summed E-state index contributed by atoms with van der Waals surface area (Å²) in [5.74, 6) is 2.68. The van der Waals surface area contributed by atoms with Crippen LogP contribution in [0, 0.1) is 0 Å². The van der Waals surface area contributed by atoms with E-state index in [4.69, 9.17) is 4.52 Å². The summed E-state index contributed by atoms with van der Waals surface area (Å²) < 4.78 is 7.09. The molecule has 2 heterocycles. The molecule has 0 aliphatic heterocycles. The first-order chi connectivity index (χ1) is 9.65. The van der Waals surface area contributed by atoms with Crippen LogP contribution in [0.3, 0.4) is 0 Å². The van der Waals surface area contributed by atoms with Gasteiger partial charge in [0.15, 0.2) is 16.8 Å². The first-order valence-electron chi connectivity index (χ1n) is 6.63. The van der Waals surface area contributed by atoms with E-state index in [2.05, 4.69) is 27.3 Å². The molecule has 0 aromatic carbocycles. The predicted octanol–water partition coefficient (Wildman–Crippen LogP) is 1.98. The third-order valence-corrected chi connectivity index (χ3v) is 3.65. The Morgan fingerprint density at radius 2 is 2.15 bits per heavy atom. The second kappa shape index (κ2) is 6.85. The van der Waals surface area contributed by atoms with Gasteiger partial charge in [-0.2, -0.15) is 4.98 Å². The van der Waals surface area contributed by atoms with Gasteiger partial charge >= 0.3 is 0 Å². The molecule has 0 atom stereocenters. The molecule has 1 N–H and O–H groups in total. The van der Waals surface area contributed by atoms with Crippen molar-refractivity contribution in [1.82, 2.24) is 24.9 Å². The molecule has 0 spiro atoms. The van der Waals surface area contributed by atoms with Crippen molar-refractivity contribution in [2.24, 2.45) is 0 Å². The Morgan fingerprint density at radius 1 is 1.35 bits per heavy atom. The van der Waals surface area contributed by atoms with Gasteiger partial charge in [0.1, 0.15) is 6.61 Å². The molecule has 7 nitrogen and oxygen atoms in total. The number of aromatic nitrogens is 5. The van der Waals surface area contributed by atoms with Crippen molar-refractivity contribution in [3.8, 4) is 0 Å². The number of hydrogen-bond acceptors (Lipinski definition) is 7. The van der Waals surface area contributed by atoms with Crippen molar-refractivity contribution in [2.45, 2.75) is 57.2 Å². The Kier molecular flexibility index (Phi) is 5.13. The molecule has 0 fully saturated rings. The Bertz CT molecular complexity index is 552. The summed E-state index contributed by atoms with van der Waals surface area (Å²) in [4.78, 5) is 4.32. The molecule has 0 aliphatic carbocycles. The van der Waals surface area contributed by atoms with E-state index in [1.54, 1.807) is 0 Å². The van der Waals surface area contributed by atoms with Crippen molar-refractivity contribution in [3.63, 3.8) is 0 Å². The van der Waals surface area contributed by atoms with Crippen LogP contribution in [0.15, 0.2) is 9.68 Å². The van der Waals surface area contributed by atoms with Crippen LogP contribution in [0.4, 0.5) is 0 Å². The summed E-state index contributed by atoms with van der Waals surface area (Å²) in [6.07, 6.45) is 0.957. The highest BCUT2D eigenvalue weighted by atomic mass is 32.2. The number of rotatable bonds is 7. The van der Waals surface area contributed by atoms with E-state index < -0.39 is 0 Å². The standard InChI is InChI=1S/C12H19N5O2S/c1-4-5-17-10(6-18)14-15-12(17)20-7-9-13-11(8(2)3)19-16-9/h8,18H,4-7H2,1-3H3. The fraction of sp³-hybridized carbons (Fsp3) is 0.667. The zero-order valence-corrected chi connectivity index (χ0v) is 12.7. The monoisotopic (exact) mass is 297 g/mol. The largest absolute Gasteiger partial charge is 0.388 e. The van der Waals surface area contributed by atoms with Gasteiger partial charge in [-0.25, -0.2) is 0 Å². The summed E-state index contributed by atoms with van der Waals surface area (Å²) >= 11 is 1.49. The number of aliphatic hydroxyl groups excluding tert-OH is 1. The number of aliphatic hydroxyl groups is 1. The van der Waals surface area contributed by atoms with E-state index in [1.165, 1.54) is 11.8 Å². The van der Waals surface area contributed by atoms with E-state index in [0.29, 0.717) is 23.3 Å². The summed E-state index contributed by atoms with van der Waals surface area (Å²) in [7, 11) is 0. The molecular weight excluding hydrogens is 278 g/mol. The lowest BCUT2D eigenvalue weighted by molar-refractivity contribution is 0.263. The van der Waals surface area contributed by atoms with Crippen molar-refractivity contribution >= 4 is 11.8 Å². The summed E-state index contributed by atoms with van der Waals surface area (Å²) in [5.41, 5.74) is 0.